The van der Waals surface area contributed by atoms with E-state index in [-0.39, 0.29) is 6.42 Å². The highest BCUT2D eigenvalue weighted by molar-refractivity contribution is 5.73. The van der Waals surface area contributed by atoms with Crippen molar-refractivity contribution in [3.8, 4) is 17.0 Å². The summed E-state index contributed by atoms with van der Waals surface area (Å²) in [5, 5.41) is 8.74. The minimum absolute atomic E-state index is 0.188. The number of aromatic nitrogens is 1. The molecule has 5 nitrogen and oxygen atoms in total. The fraction of sp³-hybridized carbons (Fsp3) is 0.167. The lowest BCUT2D eigenvalue weighted by molar-refractivity contribution is -0.136. The van der Waals surface area contributed by atoms with Crippen LogP contribution < -0.4 is 4.74 Å². The van der Waals surface area contributed by atoms with Gasteiger partial charge in [-0.15, -0.1) is 0 Å². The van der Waals surface area contributed by atoms with Gasteiger partial charge in [-0.25, -0.2) is 4.98 Å². The zero-order valence-corrected chi connectivity index (χ0v) is 9.21. The van der Waals surface area contributed by atoms with Crippen molar-refractivity contribution in [2.75, 3.05) is 7.11 Å². The van der Waals surface area contributed by atoms with Crippen LogP contribution in [0, 0.1) is 0 Å². The smallest absolute Gasteiger partial charge is 0.311 e. The van der Waals surface area contributed by atoms with Gasteiger partial charge in [-0.3, -0.25) is 4.79 Å². The van der Waals surface area contributed by atoms with Crippen molar-refractivity contribution in [3.63, 3.8) is 0 Å². The third-order valence-corrected chi connectivity index (χ3v) is 2.30. The molecule has 5 heteroatoms. The highest BCUT2D eigenvalue weighted by Crippen LogP contribution is 2.25. The molecule has 1 N–H and O–H groups in total. The summed E-state index contributed by atoms with van der Waals surface area (Å²) in [5.74, 6) is 0.0726. The van der Waals surface area contributed by atoms with Crippen molar-refractivity contribution in [2.24, 2.45) is 0 Å². The molecule has 2 aromatic rings. The molecule has 0 aliphatic carbocycles. The van der Waals surface area contributed by atoms with Gasteiger partial charge in [0.15, 0.2) is 6.39 Å². The maximum Gasteiger partial charge on any atom is 0.311 e. The first-order chi connectivity index (χ1) is 8.20. The molecule has 0 saturated carbocycles. The van der Waals surface area contributed by atoms with Gasteiger partial charge in [0.2, 0.25) is 0 Å². The number of carboxylic acid groups (broad SMARTS) is 1. The fourth-order valence-electron chi connectivity index (χ4n) is 1.54. The van der Waals surface area contributed by atoms with Gasteiger partial charge in [-0.1, -0.05) is 12.1 Å². The number of carbonyl (C=O) groups is 1. The van der Waals surface area contributed by atoms with E-state index < -0.39 is 5.97 Å². The average Bonchev–Trinajstić information content (AvgIpc) is 2.76. The number of aliphatic carboxylic acids is 1. The van der Waals surface area contributed by atoms with E-state index >= 15 is 0 Å². The normalized spacial score (nSPS) is 10.2. The Morgan fingerprint density at radius 1 is 1.53 bits per heavy atom. The van der Waals surface area contributed by atoms with Crippen molar-refractivity contribution >= 4 is 5.97 Å². The number of nitrogens with zero attached hydrogens (tertiary/aromatic N) is 1. The van der Waals surface area contributed by atoms with Crippen LogP contribution in [0.4, 0.5) is 0 Å². The highest BCUT2D eigenvalue weighted by atomic mass is 16.5. The summed E-state index contributed by atoms with van der Waals surface area (Å²) in [6.07, 6.45) is 1.06. The Bertz CT molecular complexity index is 533. The summed E-state index contributed by atoms with van der Waals surface area (Å²) >= 11 is 0. The first-order valence-electron chi connectivity index (χ1n) is 4.99. The van der Waals surface area contributed by atoms with Gasteiger partial charge in [-0.05, 0) is 12.1 Å². The summed E-state index contributed by atoms with van der Waals surface area (Å²) in [6, 6.07) is 7.22. The lowest BCUT2D eigenvalue weighted by atomic mass is 10.1. The summed E-state index contributed by atoms with van der Waals surface area (Å²) < 4.78 is 10.2. The van der Waals surface area contributed by atoms with Gasteiger partial charge in [-0.2, -0.15) is 0 Å². The van der Waals surface area contributed by atoms with Crippen LogP contribution in [-0.2, 0) is 11.2 Å². The predicted octanol–water partition coefficient (Wildman–Crippen LogP) is 1.98. The summed E-state index contributed by atoms with van der Waals surface area (Å²) in [7, 11) is 1.57. The van der Waals surface area contributed by atoms with Crippen LogP contribution in [-0.4, -0.2) is 23.2 Å². The van der Waals surface area contributed by atoms with E-state index in [4.69, 9.17) is 14.3 Å². The Balaban J connectivity index is 2.38. The van der Waals surface area contributed by atoms with Crippen molar-refractivity contribution in [2.45, 2.75) is 6.42 Å². The second-order valence-electron chi connectivity index (χ2n) is 3.43. The first kappa shape index (κ1) is 11.2. The van der Waals surface area contributed by atoms with Crippen molar-refractivity contribution < 1.29 is 19.1 Å². The van der Waals surface area contributed by atoms with Gasteiger partial charge < -0.3 is 14.3 Å². The quantitative estimate of drug-likeness (QED) is 0.874. The molecule has 0 atom stereocenters. The van der Waals surface area contributed by atoms with E-state index in [2.05, 4.69) is 4.98 Å². The molecule has 2 rings (SSSR count). The number of carboxylic acids is 1. The Morgan fingerprint density at radius 3 is 3.06 bits per heavy atom. The molecule has 1 aromatic carbocycles. The van der Waals surface area contributed by atoms with E-state index in [1.165, 1.54) is 6.39 Å². The van der Waals surface area contributed by atoms with Crippen LogP contribution in [0.25, 0.3) is 11.3 Å². The van der Waals surface area contributed by atoms with Gasteiger partial charge >= 0.3 is 5.97 Å². The van der Waals surface area contributed by atoms with Crippen molar-refractivity contribution in [3.05, 3.63) is 36.4 Å². The highest BCUT2D eigenvalue weighted by Gasteiger charge is 2.14. The molecular weight excluding hydrogens is 222 g/mol. The molecule has 1 heterocycles. The second kappa shape index (κ2) is 4.69. The standard InChI is InChI=1S/C12H11NO4/c1-16-9-4-2-3-8(5-9)12-10(6-11(14)15)17-7-13-12/h2-5,7H,6H2,1H3,(H,14,15). The number of rotatable bonds is 4. The van der Waals surface area contributed by atoms with Gasteiger partial charge in [0.25, 0.3) is 0 Å². The van der Waals surface area contributed by atoms with E-state index in [0.29, 0.717) is 17.2 Å². The molecule has 0 saturated heterocycles. The van der Waals surface area contributed by atoms with Crippen LogP contribution in [0.3, 0.4) is 0 Å². The summed E-state index contributed by atoms with van der Waals surface area (Å²) in [5.41, 5.74) is 1.31. The average molecular weight is 233 g/mol. The monoisotopic (exact) mass is 233 g/mol. The van der Waals surface area contributed by atoms with Crippen molar-refractivity contribution in [1.29, 1.82) is 0 Å². The van der Waals surface area contributed by atoms with Crippen molar-refractivity contribution in [1.82, 2.24) is 4.98 Å². The molecule has 0 aliphatic rings. The lowest BCUT2D eigenvalue weighted by Gasteiger charge is -2.02. The van der Waals surface area contributed by atoms with Crippen LogP contribution in [0.5, 0.6) is 5.75 Å². The number of methoxy groups -OCH3 is 1. The molecule has 0 fully saturated rings. The molecule has 0 spiro atoms. The summed E-state index contributed by atoms with van der Waals surface area (Å²) in [6.45, 7) is 0. The maximum absolute atomic E-state index is 10.7. The molecule has 1 aromatic heterocycles. The van der Waals surface area contributed by atoms with E-state index in [1.807, 2.05) is 12.1 Å². The summed E-state index contributed by atoms with van der Waals surface area (Å²) in [4.78, 5) is 14.7. The Morgan fingerprint density at radius 2 is 2.35 bits per heavy atom. The van der Waals surface area contributed by atoms with Crippen LogP contribution >= 0.6 is 0 Å². The molecular formula is C12H11NO4. The number of hydrogen-bond acceptors (Lipinski definition) is 4. The minimum Gasteiger partial charge on any atom is -0.497 e. The number of benzene rings is 1. The fourth-order valence-corrected chi connectivity index (χ4v) is 1.54. The third-order valence-electron chi connectivity index (χ3n) is 2.30. The van der Waals surface area contributed by atoms with Crippen LogP contribution in [0.2, 0.25) is 0 Å². The molecule has 0 aliphatic heterocycles. The number of hydrogen-bond donors (Lipinski definition) is 1. The third kappa shape index (κ3) is 2.44. The zero-order valence-electron chi connectivity index (χ0n) is 9.21. The minimum atomic E-state index is -0.953. The molecule has 0 amide bonds. The van der Waals surface area contributed by atoms with Gasteiger partial charge in [0, 0.05) is 5.56 Å². The van der Waals surface area contributed by atoms with E-state index in [1.54, 1.807) is 19.2 Å². The lowest BCUT2D eigenvalue weighted by Crippen LogP contribution is -2.00. The van der Waals surface area contributed by atoms with Crippen LogP contribution in [0.15, 0.2) is 35.1 Å². The number of oxazole rings is 1. The maximum atomic E-state index is 10.7. The molecule has 17 heavy (non-hydrogen) atoms. The predicted molar refractivity (Wildman–Crippen MR) is 59.8 cm³/mol. The van der Waals surface area contributed by atoms with Gasteiger partial charge in [0.1, 0.15) is 23.6 Å². The topological polar surface area (TPSA) is 72.6 Å². The molecule has 88 valence electrons. The van der Waals surface area contributed by atoms with E-state index in [0.717, 1.165) is 5.56 Å². The zero-order chi connectivity index (χ0) is 12.3. The number of ether oxygens (including phenoxy) is 1. The Labute approximate surface area is 97.7 Å². The van der Waals surface area contributed by atoms with E-state index in [9.17, 15) is 4.79 Å². The molecule has 0 unspecified atom stereocenters. The van der Waals surface area contributed by atoms with Crippen LogP contribution in [0.1, 0.15) is 5.76 Å². The SMILES string of the molecule is COc1cccc(-c2ncoc2CC(=O)O)c1. The molecule has 0 bridgehead atoms. The largest absolute Gasteiger partial charge is 0.497 e. The van der Waals surface area contributed by atoms with Gasteiger partial charge in [0.05, 0.1) is 7.11 Å². The Hall–Kier alpha value is -2.30. The molecule has 0 radical (unpaired) electrons. The Kier molecular flexibility index (Phi) is 3.09. The second-order valence-corrected chi connectivity index (χ2v) is 3.43. The first-order valence-corrected chi connectivity index (χ1v) is 4.99.